The van der Waals surface area contributed by atoms with Gasteiger partial charge < -0.3 is 16.0 Å². The van der Waals surface area contributed by atoms with Gasteiger partial charge in [0.15, 0.2) is 0 Å². The second kappa shape index (κ2) is 9.98. The van der Waals surface area contributed by atoms with Gasteiger partial charge in [-0.1, -0.05) is 48.5 Å². The van der Waals surface area contributed by atoms with E-state index in [0.29, 0.717) is 18.7 Å². The van der Waals surface area contributed by atoms with Gasteiger partial charge in [0, 0.05) is 25.6 Å². The highest BCUT2D eigenvalue weighted by Crippen LogP contribution is 2.17. The van der Waals surface area contributed by atoms with Crippen LogP contribution >= 0.6 is 0 Å². The van der Waals surface area contributed by atoms with E-state index >= 15 is 0 Å². The fraction of sp³-hybridized carbons (Fsp3) is 0.250. The average molecular weight is 353 g/mol. The van der Waals surface area contributed by atoms with Gasteiger partial charge in [-0.15, -0.1) is 0 Å². The smallest absolute Gasteiger partial charge is 0.251 e. The largest absolute Gasteiger partial charge is 0.355 e. The number of rotatable bonds is 8. The second-order valence-corrected chi connectivity index (χ2v) is 5.84. The molecule has 0 saturated heterocycles. The van der Waals surface area contributed by atoms with Crippen molar-refractivity contribution in [1.82, 2.24) is 16.0 Å². The van der Waals surface area contributed by atoms with Gasteiger partial charge in [0.25, 0.3) is 5.91 Å². The first-order valence-electron chi connectivity index (χ1n) is 8.48. The molecule has 0 spiro atoms. The lowest BCUT2D eigenvalue weighted by Crippen LogP contribution is -2.37. The van der Waals surface area contributed by atoms with E-state index in [-0.39, 0.29) is 24.1 Å². The van der Waals surface area contributed by atoms with Crippen LogP contribution in [-0.2, 0) is 9.59 Å². The molecular weight excluding hydrogens is 330 g/mol. The predicted molar refractivity (Wildman–Crippen MR) is 99.4 cm³/mol. The Morgan fingerprint density at radius 1 is 0.846 bits per heavy atom. The quantitative estimate of drug-likeness (QED) is 0.633. The van der Waals surface area contributed by atoms with Crippen LogP contribution in [0.2, 0.25) is 0 Å². The van der Waals surface area contributed by atoms with E-state index in [0.717, 1.165) is 5.56 Å². The third kappa shape index (κ3) is 6.39. The van der Waals surface area contributed by atoms with Crippen LogP contribution in [0.3, 0.4) is 0 Å². The van der Waals surface area contributed by atoms with Gasteiger partial charge in [0.1, 0.15) is 0 Å². The minimum absolute atomic E-state index is 0.114. The lowest BCUT2D eigenvalue weighted by molar-refractivity contribution is -0.122. The molecule has 0 heterocycles. The molecule has 2 aromatic rings. The van der Waals surface area contributed by atoms with Crippen molar-refractivity contribution in [2.45, 2.75) is 19.4 Å². The summed E-state index contributed by atoms with van der Waals surface area (Å²) in [5.41, 5.74) is 1.40. The highest BCUT2D eigenvalue weighted by atomic mass is 16.2. The van der Waals surface area contributed by atoms with Crippen LogP contribution in [0.15, 0.2) is 60.7 Å². The van der Waals surface area contributed by atoms with Crippen LogP contribution < -0.4 is 16.0 Å². The zero-order valence-electron chi connectivity index (χ0n) is 14.7. The molecule has 2 rings (SSSR count). The Hall–Kier alpha value is -3.15. The maximum atomic E-state index is 12.5. The monoisotopic (exact) mass is 353 g/mol. The number of amides is 3. The van der Waals surface area contributed by atoms with Gasteiger partial charge in [0.2, 0.25) is 11.8 Å². The summed E-state index contributed by atoms with van der Waals surface area (Å²) in [5.74, 6) is -0.570. The molecule has 0 bridgehead atoms. The molecule has 0 unspecified atom stereocenters. The molecular formula is C20H23N3O3. The van der Waals surface area contributed by atoms with E-state index in [1.807, 2.05) is 36.4 Å². The first kappa shape index (κ1) is 19.2. The standard InChI is InChI=1S/C20H23N3O3/c1-15(24)21-12-13-22-19(25)14-18(16-8-4-2-5-9-16)23-20(26)17-10-6-3-7-11-17/h2-11,18H,12-14H2,1H3,(H,21,24)(H,22,25)(H,23,26)/t18-/m1/s1. The zero-order chi connectivity index (χ0) is 18.8. The summed E-state index contributed by atoms with van der Waals surface area (Å²) in [6.45, 7) is 2.13. The van der Waals surface area contributed by atoms with E-state index in [1.165, 1.54) is 6.92 Å². The molecule has 2 aromatic carbocycles. The molecule has 0 aliphatic carbocycles. The lowest BCUT2D eigenvalue weighted by atomic mass is 10.0. The maximum Gasteiger partial charge on any atom is 0.251 e. The lowest BCUT2D eigenvalue weighted by Gasteiger charge is -2.19. The highest BCUT2D eigenvalue weighted by molar-refractivity contribution is 5.94. The van der Waals surface area contributed by atoms with Gasteiger partial charge in [-0.2, -0.15) is 0 Å². The SMILES string of the molecule is CC(=O)NCCNC(=O)C[C@@H](NC(=O)c1ccccc1)c1ccccc1. The number of carbonyl (C=O) groups is 3. The summed E-state index contributed by atoms with van der Waals surface area (Å²) in [5, 5.41) is 8.28. The van der Waals surface area contributed by atoms with Crippen LogP contribution in [0, 0.1) is 0 Å². The fourth-order valence-corrected chi connectivity index (χ4v) is 2.47. The van der Waals surface area contributed by atoms with Crippen molar-refractivity contribution in [3.05, 3.63) is 71.8 Å². The number of hydrogen-bond acceptors (Lipinski definition) is 3. The maximum absolute atomic E-state index is 12.5. The minimum atomic E-state index is -0.440. The molecule has 1 atom stereocenters. The zero-order valence-corrected chi connectivity index (χ0v) is 14.7. The Morgan fingerprint density at radius 3 is 2.04 bits per heavy atom. The number of carbonyl (C=O) groups excluding carboxylic acids is 3. The molecule has 0 aliphatic heterocycles. The topological polar surface area (TPSA) is 87.3 Å². The van der Waals surface area contributed by atoms with Crippen molar-refractivity contribution in [1.29, 1.82) is 0 Å². The van der Waals surface area contributed by atoms with Crippen molar-refractivity contribution in [2.75, 3.05) is 13.1 Å². The summed E-state index contributed by atoms with van der Waals surface area (Å²) in [6, 6.07) is 17.8. The molecule has 0 radical (unpaired) electrons. The van der Waals surface area contributed by atoms with Crippen molar-refractivity contribution in [3.63, 3.8) is 0 Å². The first-order chi connectivity index (χ1) is 12.6. The molecule has 0 aromatic heterocycles. The van der Waals surface area contributed by atoms with Crippen molar-refractivity contribution in [2.24, 2.45) is 0 Å². The Kier molecular flexibility index (Phi) is 7.36. The minimum Gasteiger partial charge on any atom is -0.355 e. The molecule has 6 heteroatoms. The van der Waals surface area contributed by atoms with Gasteiger partial charge in [-0.25, -0.2) is 0 Å². The molecule has 0 aliphatic rings. The Labute approximate surface area is 153 Å². The van der Waals surface area contributed by atoms with Crippen LogP contribution in [0.1, 0.15) is 35.3 Å². The molecule has 136 valence electrons. The van der Waals surface area contributed by atoms with Gasteiger partial charge >= 0.3 is 0 Å². The second-order valence-electron chi connectivity index (χ2n) is 5.84. The van der Waals surface area contributed by atoms with E-state index in [2.05, 4.69) is 16.0 Å². The molecule has 6 nitrogen and oxygen atoms in total. The summed E-state index contributed by atoms with van der Waals surface area (Å²) >= 11 is 0. The molecule has 0 saturated carbocycles. The van der Waals surface area contributed by atoms with Crippen LogP contribution in [0.25, 0.3) is 0 Å². The van der Waals surface area contributed by atoms with E-state index in [4.69, 9.17) is 0 Å². The Balaban J connectivity index is 1.99. The average Bonchev–Trinajstić information content (AvgIpc) is 2.66. The molecule has 3 N–H and O–H groups in total. The summed E-state index contributed by atoms with van der Waals surface area (Å²) < 4.78 is 0. The number of nitrogens with one attached hydrogen (secondary N) is 3. The van der Waals surface area contributed by atoms with E-state index < -0.39 is 6.04 Å². The molecule has 3 amide bonds. The fourth-order valence-electron chi connectivity index (χ4n) is 2.47. The van der Waals surface area contributed by atoms with Crippen LogP contribution in [-0.4, -0.2) is 30.8 Å². The number of benzene rings is 2. The van der Waals surface area contributed by atoms with Crippen molar-refractivity contribution >= 4 is 17.7 Å². The van der Waals surface area contributed by atoms with E-state index in [1.54, 1.807) is 24.3 Å². The number of hydrogen-bond donors (Lipinski definition) is 3. The summed E-state index contributed by atoms with van der Waals surface area (Å²) in [4.78, 5) is 35.5. The van der Waals surface area contributed by atoms with Gasteiger partial charge in [-0.3, -0.25) is 14.4 Å². The van der Waals surface area contributed by atoms with Gasteiger partial charge in [-0.05, 0) is 17.7 Å². The Morgan fingerprint density at radius 2 is 1.42 bits per heavy atom. The summed E-state index contributed by atoms with van der Waals surface area (Å²) in [6.07, 6.45) is 0.114. The third-order valence-electron chi connectivity index (χ3n) is 3.75. The highest BCUT2D eigenvalue weighted by Gasteiger charge is 2.19. The van der Waals surface area contributed by atoms with Gasteiger partial charge in [0.05, 0.1) is 12.5 Å². The Bertz CT molecular complexity index is 732. The molecule has 0 fully saturated rings. The predicted octanol–water partition coefficient (Wildman–Crippen LogP) is 1.80. The van der Waals surface area contributed by atoms with Crippen molar-refractivity contribution in [3.8, 4) is 0 Å². The van der Waals surface area contributed by atoms with Crippen molar-refractivity contribution < 1.29 is 14.4 Å². The normalized spacial score (nSPS) is 11.3. The summed E-state index contributed by atoms with van der Waals surface area (Å²) in [7, 11) is 0. The van der Waals surface area contributed by atoms with E-state index in [9.17, 15) is 14.4 Å². The molecule has 26 heavy (non-hydrogen) atoms. The van der Waals surface area contributed by atoms with Crippen LogP contribution in [0.4, 0.5) is 0 Å². The first-order valence-corrected chi connectivity index (χ1v) is 8.48. The third-order valence-corrected chi connectivity index (χ3v) is 3.75. The van der Waals surface area contributed by atoms with Crippen LogP contribution in [0.5, 0.6) is 0 Å².